The van der Waals surface area contributed by atoms with E-state index in [4.69, 9.17) is 4.74 Å². The maximum Gasteiger partial charge on any atom is 0.337 e. The van der Waals surface area contributed by atoms with Gasteiger partial charge in [0.1, 0.15) is 70.9 Å². The van der Waals surface area contributed by atoms with Crippen molar-refractivity contribution in [3.8, 4) is 28.7 Å². The number of fused-ring (bicyclic) bond motifs is 4. The van der Waals surface area contributed by atoms with Crippen molar-refractivity contribution in [1.82, 2.24) is 0 Å². The zero-order valence-corrected chi connectivity index (χ0v) is 60.0. The number of phenols is 4. The number of hydrogen-bond donors (Lipinski definition) is 13. The molecule has 0 fully saturated rings. The first-order valence-electron chi connectivity index (χ1n) is 29.9. The number of nitrogens with zero attached hydrogens (tertiary/aromatic N) is 10. The van der Waals surface area contributed by atoms with Gasteiger partial charge in [0.05, 0.1) is 55.8 Å². The van der Waals surface area contributed by atoms with Crippen LogP contribution in [0.4, 0.5) is 68.2 Å². The number of aromatic carboxylic acids is 1. The molecule has 564 valence electrons. The van der Waals surface area contributed by atoms with Crippen LogP contribution in [0.1, 0.15) is 22.3 Å². The Hall–Kier alpha value is -11.9. The molecule has 0 spiro atoms. The Labute approximate surface area is 613 Å². The van der Waals surface area contributed by atoms with E-state index in [1.54, 1.807) is 30.3 Å². The minimum atomic E-state index is -5.74. The van der Waals surface area contributed by atoms with Crippen LogP contribution in [0, 0.1) is 6.92 Å². The predicted molar refractivity (Wildman–Crippen MR) is 383 cm³/mol. The van der Waals surface area contributed by atoms with Crippen molar-refractivity contribution in [3.63, 3.8) is 0 Å². The maximum atomic E-state index is 13.6. The van der Waals surface area contributed by atoms with Gasteiger partial charge in [0.25, 0.3) is 70.8 Å². The topological polar surface area (TPSA) is 644 Å². The summed E-state index contributed by atoms with van der Waals surface area (Å²) in [5.74, 6) is -6.83. The normalized spacial score (nSPS) is 13.1. The Kier molecular flexibility index (Phi) is 21.0. The summed E-state index contributed by atoms with van der Waals surface area (Å²) in [6, 6.07) is 27.4. The number of anilines is 2. The van der Waals surface area contributed by atoms with Crippen molar-refractivity contribution in [1.29, 1.82) is 0 Å². The first kappa shape index (κ1) is 78.2. The number of benzene rings is 11. The summed E-state index contributed by atoms with van der Waals surface area (Å²) in [5, 5.41) is 94.6. The highest BCUT2D eigenvalue weighted by atomic mass is 32.2. The highest BCUT2D eigenvalue weighted by Crippen LogP contribution is 2.51. The van der Waals surface area contributed by atoms with Gasteiger partial charge in [0.15, 0.2) is 17.2 Å². The first-order chi connectivity index (χ1) is 50.8. The highest BCUT2D eigenvalue weighted by Gasteiger charge is 2.31. The third-order valence-electron chi connectivity index (χ3n) is 15.6. The van der Waals surface area contributed by atoms with E-state index in [0.29, 0.717) is 17.8 Å². The van der Waals surface area contributed by atoms with Crippen molar-refractivity contribution in [2.45, 2.75) is 42.7 Å². The van der Waals surface area contributed by atoms with Crippen molar-refractivity contribution in [2.24, 2.45) is 51.1 Å². The lowest BCUT2D eigenvalue weighted by Gasteiger charge is -2.15. The molecule has 0 bridgehead atoms. The van der Waals surface area contributed by atoms with Gasteiger partial charge in [-0.25, -0.2) is 4.79 Å². The lowest BCUT2D eigenvalue weighted by atomic mass is 10.0. The number of hydrogen-bond acceptors (Lipinski definition) is 31. The average Bonchev–Trinajstić information content (AvgIpc) is 0.746. The van der Waals surface area contributed by atoms with E-state index >= 15 is 0 Å². The quantitative estimate of drug-likeness (QED) is 0.0152. The van der Waals surface area contributed by atoms with Crippen molar-refractivity contribution >= 4 is 188 Å². The standard InChI is InChI=1S/C63H47N11O28S7/c1-30-20-47(50(102-18-7-19-103(81,82)83)29-46(30)68-70-48-25-35(104(84,85)86)22-32-23-36(105(87,88)89)26-49(75)54(32)48)69-74-58-53(108(96,97)98)28-42-39(61(58)78)15-17-45(62(42)109(99,100)101)67-71-55-41-27-52(107(93,94)95)57(60(77)38(41)14-16-44(55)64-33-8-3-2-4-9-33)72-65-34-12-13-37-31(21-34)24-51(106(90,91)92)56(59(37)76)73-66-43-11-6-5-10-40(43)63(79)80/h2-6,8-17,20-29,64,75-78H,7,18-19H2,1H3,(H,79,80)(H,81,82,83)(H,84,85,86)(H,87,88,89)(H,90,91,92)(H,93,94,95)(H,96,97,98)(H,99,100,101). The second-order valence-electron chi connectivity index (χ2n) is 22.9. The number of ether oxygens (including phenoxy) is 1. The first-order valence-corrected chi connectivity index (χ1v) is 40.2. The Morgan fingerprint density at radius 1 is 0.413 bits per heavy atom. The fourth-order valence-corrected chi connectivity index (χ4v) is 15.1. The molecular weight excluding hydrogens is 1580 g/mol. The zero-order valence-electron chi connectivity index (χ0n) is 54.3. The molecule has 46 heteroatoms. The Morgan fingerprint density at radius 3 is 1.51 bits per heavy atom. The Morgan fingerprint density at radius 2 is 0.917 bits per heavy atom. The lowest BCUT2D eigenvalue weighted by Crippen LogP contribution is -2.08. The number of para-hydroxylation sites is 1. The summed E-state index contributed by atoms with van der Waals surface area (Å²) < 4.78 is 255. The molecule has 11 rings (SSSR count). The third-order valence-corrected chi connectivity index (χ3v) is 21.6. The summed E-state index contributed by atoms with van der Waals surface area (Å²) in [5.41, 5.74) is -6.18. The molecule has 0 aliphatic carbocycles. The SMILES string of the molecule is Cc1cc(N=Nc2c(S(=O)(=O)O)cc3c(S(=O)(=O)O)c(N=Nc4c(Nc5ccccc5)ccc5c(O)c(N=Nc6ccc7c(O)c(N=Nc8ccccc8C(=O)O)c(S(=O)(=O)O)cc7c6)c(S(=O)(=O)O)cc45)ccc3c2O)c(OCCCS(=O)(=O)O)cc1N=Nc1cc(S(=O)(=O)O)cc2cc(S(=O)(=O)O)cc(O)c12. The molecule has 0 amide bonds. The van der Waals surface area contributed by atoms with E-state index in [1.165, 1.54) is 43.3 Å². The summed E-state index contributed by atoms with van der Waals surface area (Å²) in [6.45, 7) is 0.768. The molecule has 109 heavy (non-hydrogen) atoms. The zero-order chi connectivity index (χ0) is 79.4. The number of nitrogens with one attached hydrogen (secondary N) is 1. The molecular formula is C63H47N11O28S7. The number of carbonyl (C=O) groups is 1. The van der Waals surface area contributed by atoms with Crippen molar-refractivity contribution < 1.29 is 126 Å². The van der Waals surface area contributed by atoms with Crippen LogP contribution in [0.5, 0.6) is 28.7 Å². The van der Waals surface area contributed by atoms with Crippen LogP contribution in [0.15, 0.2) is 232 Å². The molecule has 0 saturated carbocycles. The number of phenolic OH excluding ortho intramolecular Hbond substituents is 4. The smallest absolute Gasteiger partial charge is 0.337 e. The molecule has 0 heterocycles. The summed E-state index contributed by atoms with van der Waals surface area (Å²) in [4.78, 5) is 5.02. The third kappa shape index (κ3) is 17.1. The fraction of sp³-hybridized carbons (Fsp3) is 0.0635. The number of carboxylic acid groups (broad SMARTS) is 1. The van der Waals surface area contributed by atoms with Crippen LogP contribution in [0.2, 0.25) is 0 Å². The summed E-state index contributed by atoms with van der Waals surface area (Å²) >= 11 is 0. The van der Waals surface area contributed by atoms with E-state index in [9.17, 15) is 121 Å². The van der Waals surface area contributed by atoms with Gasteiger partial charge < -0.3 is 35.6 Å². The second-order valence-corrected chi connectivity index (χ2v) is 32.9. The summed E-state index contributed by atoms with van der Waals surface area (Å²) in [6.07, 6.45) is -0.422. The van der Waals surface area contributed by atoms with Crippen LogP contribution in [0.25, 0.3) is 43.1 Å². The number of rotatable bonds is 24. The van der Waals surface area contributed by atoms with E-state index in [1.807, 2.05) is 0 Å². The molecule has 0 unspecified atom stereocenters. The minimum absolute atomic E-state index is 0.0257. The molecule has 11 aromatic carbocycles. The van der Waals surface area contributed by atoms with Gasteiger partial charge in [-0.3, -0.25) is 31.9 Å². The predicted octanol–water partition coefficient (Wildman–Crippen LogP) is 14.1. The largest absolute Gasteiger partial charge is 0.507 e. The molecule has 0 aliphatic heterocycles. The van der Waals surface area contributed by atoms with Gasteiger partial charge in [-0.05, 0) is 139 Å². The van der Waals surface area contributed by atoms with Crippen LogP contribution in [0.3, 0.4) is 0 Å². The average molecular weight is 1630 g/mol. The van der Waals surface area contributed by atoms with Crippen molar-refractivity contribution in [3.05, 3.63) is 163 Å². The molecule has 0 aliphatic rings. The van der Waals surface area contributed by atoms with Gasteiger partial charge in [-0.2, -0.15) is 69.2 Å². The van der Waals surface area contributed by atoms with Crippen molar-refractivity contribution in [2.75, 3.05) is 17.7 Å². The van der Waals surface area contributed by atoms with E-state index in [0.717, 1.165) is 72.8 Å². The van der Waals surface area contributed by atoms with Gasteiger partial charge in [0, 0.05) is 44.8 Å². The molecule has 39 nitrogen and oxygen atoms in total. The second kappa shape index (κ2) is 29.3. The lowest BCUT2D eigenvalue weighted by molar-refractivity contribution is 0.0697. The highest BCUT2D eigenvalue weighted by molar-refractivity contribution is 7.87. The molecule has 0 aromatic heterocycles. The molecule has 13 N–H and O–H groups in total. The van der Waals surface area contributed by atoms with Crippen LogP contribution in [-0.2, 0) is 70.8 Å². The number of carboxylic acids is 1. The van der Waals surface area contributed by atoms with E-state index in [-0.39, 0.29) is 55.4 Å². The van der Waals surface area contributed by atoms with Gasteiger partial charge in [0.2, 0.25) is 0 Å². The number of azo groups is 5. The molecule has 0 radical (unpaired) electrons. The Balaban J connectivity index is 1.01. The minimum Gasteiger partial charge on any atom is -0.507 e. The van der Waals surface area contributed by atoms with Gasteiger partial charge in [-0.15, -0.1) is 40.9 Å². The van der Waals surface area contributed by atoms with E-state index in [2.05, 4.69) is 56.5 Å². The maximum absolute atomic E-state index is 13.6. The van der Waals surface area contributed by atoms with E-state index < -0.39 is 215 Å². The van der Waals surface area contributed by atoms with Gasteiger partial charge >= 0.3 is 5.97 Å². The molecule has 0 saturated heterocycles. The Bertz CT molecular complexity index is 6770. The number of aryl methyl sites for hydroxylation is 1. The molecule has 11 aromatic rings. The monoisotopic (exact) mass is 1630 g/mol. The van der Waals surface area contributed by atoms with Gasteiger partial charge in [-0.1, -0.05) is 30.3 Å². The van der Waals surface area contributed by atoms with Crippen LogP contribution < -0.4 is 10.1 Å². The summed E-state index contributed by atoms with van der Waals surface area (Å²) in [7, 11) is -37.0. The van der Waals surface area contributed by atoms with Crippen LogP contribution in [-0.4, -0.2) is 135 Å². The molecule has 0 atom stereocenters. The fourth-order valence-electron chi connectivity index (χ4n) is 10.8. The van der Waals surface area contributed by atoms with Crippen LogP contribution >= 0.6 is 0 Å². The number of aromatic hydroxyl groups is 4.